The number of rotatable bonds is 7. The summed E-state index contributed by atoms with van der Waals surface area (Å²) in [4.78, 5) is 11.7. The van der Waals surface area contributed by atoms with Gasteiger partial charge in [0.25, 0.3) is 0 Å². The summed E-state index contributed by atoms with van der Waals surface area (Å²) in [6.45, 7) is 4.41. The zero-order valence-electron chi connectivity index (χ0n) is 12.0. The maximum atomic E-state index is 11.7. The van der Waals surface area contributed by atoms with Crippen LogP contribution in [0.25, 0.3) is 0 Å². The Morgan fingerprint density at radius 3 is 2.65 bits per heavy atom. The van der Waals surface area contributed by atoms with Crippen molar-refractivity contribution in [2.45, 2.75) is 32.2 Å². The minimum absolute atomic E-state index is 0.0831. The van der Waals surface area contributed by atoms with E-state index in [9.17, 15) is 13.2 Å². The largest absolute Gasteiger partial charge is 0.338 e. The Labute approximate surface area is 124 Å². The first-order chi connectivity index (χ1) is 9.28. The van der Waals surface area contributed by atoms with Crippen molar-refractivity contribution in [2.24, 2.45) is 0 Å². The molecule has 1 heterocycles. The van der Waals surface area contributed by atoms with E-state index in [4.69, 9.17) is 0 Å². The molecule has 2 atom stereocenters. The maximum Gasteiger partial charge on any atom is 0.315 e. The van der Waals surface area contributed by atoms with Crippen molar-refractivity contribution >= 4 is 27.2 Å². The summed E-state index contributed by atoms with van der Waals surface area (Å²) in [6.07, 6.45) is 1.62. The molecule has 5 nitrogen and oxygen atoms in total. The molecule has 1 aromatic heterocycles. The third-order valence-corrected chi connectivity index (χ3v) is 4.66. The SMILES string of the molecule is C[C@@H](CCS(C)(=O)=O)NC(=O)NC[C@H](C)c1ccsc1. The van der Waals surface area contributed by atoms with Crippen molar-refractivity contribution in [2.75, 3.05) is 18.6 Å². The highest BCUT2D eigenvalue weighted by Gasteiger charge is 2.12. The fraction of sp³-hybridized carbons (Fsp3) is 0.615. The molecule has 1 aromatic rings. The standard InChI is InChI=1S/C13H22N2O3S2/c1-10(12-4-6-19-9-12)8-14-13(16)15-11(2)5-7-20(3,17)18/h4,6,9-11H,5,7-8H2,1-3H3,(H2,14,15,16)/t10-,11-/m0/s1. The van der Waals surface area contributed by atoms with E-state index in [1.54, 1.807) is 18.3 Å². The van der Waals surface area contributed by atoms with Crippen LogP contribution in [0.3, 0.4) is 0 Å². The van der Waals surface area contributed by atoms with E-state index in [1.165, 1.54) is 11.8 Å². The first kappa shape index (κ1) is 17.0. The molecule has 0 radical (unpaired) electrons. The van der Waals surface area contributed by atoms with Crippen LogP contribution in [0.5, 0.6) is 0 Å². The second-order valence-electron chi connectivity index (χ2n) is 5.13. The van der Waals surface area contributed by atoms with Gasteiger partial charge in [0.15, 0.2) is 0 Å². The van der Waals surface area contributed by atoms with Gasteiger partial charge in [-0.1, -0.05) is 6.92 Å². The Balaban J connectivity index is 2.26. The van der Waals surface area contributed by atoms with E-state index in [0.29, 0.717) is 13.0 Å². The second kappa shape index (κ2) is 7.64. The highest BCUT2D eigenvalue weighted by Crippen LogP contribution is 2.16. The molecule has 0 aliphatic rings. The van der Waals surface area contributed by atoms with Gasteiger partial charge in [-0.3, -0.25) is 0 Å². The lowest BCUT2D eigenvalue weighted by atomic mass is 10.1. The van der Waals surface area contributed by atoms with Crippen molar-refractivity contribution in [1.82, 2.24) is 10.6 Å². The van der Waals surface area contributed by atoms with Crippen molar-refractivity contribution in [3.63, 3.8) is 0 Å². The molecule has 0 aliphatic heterocycles. The molecule has 0 spiro atoms. The molecule has 7 heteroatoms. The van der Waals surface area contributed by atoms with E-state index in [0.717, 1.165) is 0 Å². The molecule has 0 unspecified atom stereocenters. The Kier molecular flexibility index (Phi) is 6.48. The molecule has 0 bridgehead atoms. The zero-order chi connectivity index (χ0) is 15.2. The van der Waals surface area contributed by atoms with Crippen LogP contribution in [-0.4, -0.2) is 39.0 Å². The van der Waals surface area contributed by atoms with Gasteiger partial charge in [-0.05, 0) is 41.7 Å². The van der Waals surface area contributed by atoms with E-state index < -0.39 is 9.84 Å². The fourth-order valence-electron chi connectivity index (χ4n) is 1.66. The van der Waals surface area contributed by atoms with Crippen LogP contribution in [0.4, 0.5) is 4.79 Å². The molecule has 0 aromatic carbocycles. The third-order valence-electron chi connectivity index (χ3n) is 2.98. The molecule has 20 heavy (non-hydrogen) atoms. The number of carbonyl (C=O) groups excluding carboxylic acids is 1. The van der Waals surface area contributed by atoms with Crippen molar-refractivity contribution < 1.29 is 13.2 Å². The van der Waals surface area contributed by atoms with Gasteiger partial charge in [-0.25, -0.2) is 13.2 Å². The molecule has 0 aliphatic carbocycles. The summed E-state index contributed by atoms with van der Waals surface area (Å²) in [5.74, 6) is 0.345. The van der Waals surface area contributed by atoms with E-state index >= 15 is 0 Å². The van der Waals surface area contributed by atoms with Crippen LogP contribution in [0.2, 0.25) is 0 Å². The maximum absolute atomic E-state index is 11.7. The van der Waals surface area contributed by atoms with Crippen LogP contribution in [0.15, 0.2) is 16.8 Å². The summed E-state index contributed by atoms with van der Waals surface area (Å²) in [7, 11) is -2.98. The summed E-state index contributed by atoms with van der Waals surface area (Å²) in [6, 6.07) is 1.62. The van der Waals surface area contributed by atoms with Crippen molar-refractivity contribution in [3.8, 4) is 0 Å². The quantitative estimate of drug-likeness (QED) is 0.807. The fourth-order valence-corrected chi connectivity index (χ4v) is 3.22. The molecule has 2 amide bonds. The van der Waals surface area contributed by atoms with Gasteiger partial charge in [0, 0.05) is 18.8 Å². The summed E-state index contributed by atoms with van der Waals surface area (Å²) >= 11 is 1.64. The predicted molar refractivity (Wildman–Crippen MR) is 83.1 cm³/mol. The average molecular weight is 318 g/mol. The smallest absolute Gasteiger partial charge is 0.315 e. The van der Waals surface area contributed by atoms with E-state index in [-0.39, 0.29) is 23.7 Å². The Morgan fingerprint density at radius 2 is 2.10 bits per heavy atom. The van der Waals surface area contributed by atoms with E-state index in [2.05, 4.69) is 22.9 Å². The Morgan fingerprint density at radius 1 is 1.40 bits per heavy atom. The van der Waals surface area contributed by atoms with Gasteiger partial charge in [-0.2, -0.15) is 11.3 Å². The number of hydrogen-bond acceptors (Lipinski definition) is 4. The van der Waals surface area contributed by atoms with Crippen molar-refractivity contribution in [3.05, 3.63) is 22.4 Å². The molecule has 114 valence electrons. The number of sulfone groups is 1. The van der Waals surface area contributed by atoms with Crippen LogP contribution in [0, 0.1) is 0 Å². The number of amides is 2. The summed E-state index contributed by atoms with van der Waals surface area (Å²) < 4.78 is 22.1. The number of carbonyl (C=O) groups is 1. The monoisotopic (exact) mass is 318 g/mol. The molecule has 0 saturated heterocycles. The van der Waals surface area contributed by atoms with E-state index in [1.807, 2.05) is 11.4 Å². The highest BCUT2D eigenvalue weighted by molar-refractivity contribution is 7.90. The third kappa shape index (κ3) is 6.91. The van der Waals surface area contributed by atoms with Gasteiger partial charge in [0.1, 0.15) is 9.84 Å². The number of hydrogen-bond donors (Lipinski definition) is 2. The van der Waals surface area contributed by atoms with Gasteiger partial charge in [-0.15, -0.1) is 0 Å². The average Bonchev–Trinajstić information content (AvgIpc) is 2.86. The Hall–Kier alpha value is -1.08. The Bertz CT molecular complexity index is 512. The van der Waals surface area contributed by atoms with Crippen LogP contribution in [0.1, 0.15) is 31.7 Å². The molecule has 2 N–H and O–H groups in total. The predicted octanol–water partition coefficient (Wildman–Crippen LogP) is 1.97. The van der Waals surface area contributed by atoms with Gasteiger partial charge in [0.05, 0.1) is 5.75 Å². The lowest BCUT2D eigenvalue weighted by molar-refractivity contribution is 0.237. The van der Waals surface area contributed by atoms with Gasteiger partial charge in [0.2, 0.25) is 0 Å². The number of urea groups is 1. The first-order valence-corrected chi connectivity index (χ1v) is 9.52. The number of nitrogens with one attached hydrogen (secondary N) is 2. The van der Waals surface area contributed by atoms with Crippen LogP contribution >= 0.6 is 11.3 Å². The topological polar surface area (TPSA) is 75.3 Å². The summed E-state index contributed by atoms with van der Waals surface area (Å²) in [5, 5.41) is 9.63. The summed E-state index contributed by atoms with van der Waals surface area (Å²) in [5.41, 5.74) is 1.21. The lowest BCUT2D eigenvalue weighted by Crippen LogP contribution is -2.42. The molecule has 0 fully saturated rings. The number of thiophene rings is 1. The molecule has 0 saturated carbocycles. The molecular formula is C13H22N2O3S2. The first-order valence-electron chi connectivity index (χ1n) is 6.52. The van der Waals surface area contributed by atoms with Crippen molar-refractivity contribution in [1.29, 1.82) is 0 Å². The van der Waals surface area contributed by atoms with Crippen LogP contribution < -0.4 is 10.6 Å². The minimum atomic E-state index is -2.98. The normalized spacial score (nSPS) is 14.6. The highest BCUT2D eigenvalue weighted by atomic mass is 32.2. The molecule has 1 rings (SSSR count). The zero-order valence-corrected chi connectivity index (χ0v) is 13.7. The van der Waals surface area contributed by atoms with Crippen LogP contribution in [-0.2, 0) is 9.84 Å². The second-order valence-corrected chi connectivity index (χ2v) is 8.17. The lowest BCUT2D eigenvalue weighted by Gasteiger charge is -2.16. The molecular weight excluding hydrogens is 296 g/mol. The van der Waals surface area contributed by atoms with Gasteiger partial charge >= 0.3 is 6.03 Å². The minimum Gasteiger partial charge on any atom is -0.338 e. The van der Waals surface area contributed by atoms with Gasteiger partial charge < -0.3 is 10.6 Å².